The molecule has 0 atom stereocenters. The minimum absolute atomic E-state index is 0.141. The summed E-state index contributed by atoms with van der Waals surface area (Å²) in [6.45, 7) is 0. The molecule has 0 spiro atoms. The van der Waals surface area contributed by atoms with Gasteiger partial charge < -0.3 is 0 Å². The minimum Gasteiger partial charge on any atom is -0.0812 e. The zero-order valence-corrected chi connectivity index (χ0v) is 8.29. The lowest BCUT2D eigenvalue weighted by molar-refractivity contribution is 1.42. The van der Waals surface area contributed by atoms with Crippen molar-refractivity contribution in [3.05, 3.63) is 52.4 Å². The molecule has 0 amide bonds. The molecule has 0 N–H and O–H groups in total. The first-order valence-electron chi connectivity index (χ1n) is 4.42. The molecule has 1 heteroatoms. The molecule has 0 bridgehead atoms. The van der Waals surface area contributed by atoms with Gasteiger partial charge in [-0.25, -0.2) is 0 Å². The van der Waals surface area contributed by atoms with Crippen LogP contribution < -0.4 is 0 Å². The van der Waals surface area contributed by atoms with Crippen LogP contribution in [0.3, 0.4) is 0 Å². The highest BCUT2D eigenvalue weighted by Crippen LogP contribution is 2.42. The average molecular weight is 170 g/mol. The smallest absolute Gasteiger partial charge is 0.0812 e. The summed E-state index contributed by atoms with van der Waals surface area (Å²) >= 11 is 0. The Balaban J connectivity index is 2.08. The molecule has 58 valence electrons. The fourth-order valence-corrected chi connectivity index (χ4v) is 3.42. The summed E-state index contributed by atoms with van der Waals surface area (Å²) in [7, 11) is 0.141. The topological polar surface area (TPSA) is 0 Å². The van der Waals surface area contributed by atoms with Crippen molar-refractivity contribution in [1.29, 1.82) is 0 Å². The van der Waals surface area contributed by atoms with Gasteiger partial charge in [0.15, 0.2) is 0 Å². The molecule has 0 aromatic heterocycles. The van der Waals surface area contributed by atoms with E-state index in [1.54, 1.807) is 16.0 Å². The normalized spacial score (nSPS) is 21.2. The molecule has 0 radical (unpaired) electrons. The molecule has 0 nitrogen and oxygen atoms in total. The lowest BCUT2D eigenvalue weighted by Gasteiger charge is -2.01. The predicted octanol–water partition coefficient (Wildman–Crippen LogP) is 1.87. The molecular formula is C11H10Si. The summed E-state index contributed by atoms with van der Waals surface area (Å²) in [5, 5.41) is 3.48. The second-order valence-corrected chi connectivity index (χ2v) is 5.26. The van der Waals surface area contributed by atoms with Gasteiger partial charge in [-0.1, -0.05) is 46.8 Å². The Morgan fingerprint density at radius 1 is 1.08 bits per heavy atom. The number of benzene rings is 1. The molecule has 1 saturated heterocycles. The molecule has 0 saturated carbocycles. The van der Waals surface area contributed by atoms with Gasteiger partial charge >= 0.3 is 0 Å². The highest BCUT2D eigenvalue weighted by molar-refractivity contribution is 6.76. The summed E-state index contributed by atoms with van der Waals surface area (Å²) < 4.78 is 0. The van der Waals surface area contributed by atoms with Crippen molar-refractivity contribution < 1.29 is 0 Å². The van der Waals surface area contributed by atoms with Crippen LogP contribution in [0.1, 0.15) is 12.0 Å². The maximum absolute atomic E-state index is 2.42. The van der Waals surface area contributed by atoms with Gasteiger partial charge in [0, 0.05) is 0 Å². The van der Waals surface area contributed by atoms with Crippen molar-refractivity contribution in [2.45, 2.75) is 6.42 Å². The molecule has 1 aromatic rings. The lowest BCUT2D eigenvalue weighted by Crippen LogP contribution is -1.81. The van der Waals surface area contributed by atoms with Crippen LogP contribution in [0.15, 0.2) is 46.8 Å². The summed E-state index contributed by atoms with van der Waals surface area (Å²) in [4.78, 5) is 0. The maximum Gasteiger partial charge on any atom is 0.0871 e. The van der Waals surface area contributed by atoms with Crippen LogP contribution in [-0.4, -0.2) is 9.52 Å². The first-order valence-corrected chi connectivity index (χ1v) is 5.83. The molecular weight excluding hydrogens is 160 g/mol. The van der Waals surface area contributed by atoms with Gasteiger partial charge in [-0.3, -0.25) is 0 Å². The molecule has 1 aliphatic heterocycles. The van der Waals surface area contributed by atoms with E-state index in [2.05, 4.69) is 36.4 Å². The van der Waals surface area contributed by atoms with Crippen molar-refractivity contribution in [3.63, 3.8) is 0 Å². The van der Waals surface area contributed by atoms with E-state index in [1.165, 1.54) is 12.0 Å². The van der Waals surface area contributed by atoms with E-state index in [4.69, 9.17) is 0 Å². The molecule has 1 aromatic carbocycles. The van der Waals surface area contributed by atoms with Crippen LogP contribution in [-0.2, 0) is 0 Å². The second-order valence-electron chi connectivity index (χ2n) is 3.43. The van der Waals surface area contributed by atoms with E-state index in [-0.39, 0.29) is 9.52 Å². The molecule has 3 rings (SSSR count). The van der Waals surface area contributed by atoms with E-state index in [0.29, 0.717) is 0 Å². The van der Waals surface area contributed by atoms with Gasteiger partial charge in [0.2, 0.25) is 0 Å². The first kappa shape index (κ1) is 6.43. The number of hydrogen-bond donors (Lipinski definition) is 0. The summed E-state index contributed by atoms with van der Waals surface area (Å²) in [5.74, 6) is 0. The standard InChI is InChI=1S/C11H10Si/c1-2-4-8(5-3-1)9-6-7-10-11(9)12-10/h1-5,7H,6,12H2. The van der Waals surface area contributed by atoms with Gasteiger partial charge in [-0.2, -0.15) is 0 Å². The van der Waals surface area contributed by atoms with Crippen molar-refractivity contribution in [2.75, 3.05) is 0 Å². The van der Waals surface area contributed by atoms with Crippen molar-refractivity contribution >= 4 is 15.1 Å². The third-order valence-corrected chi connectivity index (χ3v) is 4.50. The highest BCUT2D eigenvalue weighted by atomic mass is 28.2. The largest absolute Gasteiger partial charge is 0.0871 e. The fourth-order valence-electron chi connectivity index (χ4n) is 1.92. The number of fused-ring (bicyclic) bond motifs is 1. The van der Waals surface area contributed by atoms with Crippen LogP contribution >= 0.6 is 0 Å². The van der Waals surface area contributed by atoms with Crippen molar-refractivity contribution in [3.8, 4) is 0 Å². The Kier molecular flexibility index (Phi) is 1.18. The Labute approximate surface area is 74.4 Å². The van der Waals surface area contributed by atoms with E-state index in [1.807, 2.05) is 0 Å². The summed E-state index contributed by atoms with van der Waals surface area (Å²) in [6, 6.07) is 10.8. The fraction of sp³-hybridized carbons (Fsp3) is 0.0909. The third-order valence-electron chi connectivity index (χ3n) is 2.67. The number of allylic oxidation sites excluding steroid dienone is 4. The van der Waals surface area contributed by atoms with E-state index < -0.39 is 0 Å². The zero-order chi connectivity index (χ0) is 7.97. The molecule has 0 unspecified atom stereocenters. The first-order chi connectivity index (χ1) is 5.95. The zero-order valence-electron chi connectivity index (χ0n) is 6.88. The minimum atomic E-state index is 0.141. The Bertz CT molecular complexity index is 385. The monoisotopic (exact) mass is 170 g/mol. The van der Waals surface area contributed by atoms with Crippen LogP contribution in [0.25, 0.3) is 5.57 Å². The molecule has 12 heavy (non-hydrogen) atoms. The van der Waals surface area contributed by atoms with Crippen LogP contribution in [0.4, 0.5) is 0 Å². The van der Waals surface area contributed by atoms with Crippen LogP contribution in [0, 0.1) is 0 Å². The van der Waals surface area contributed by atoms with Crippen molar-refractivity contribution in [2.24, 2.45) is 0 Å². The Hall–Kier alpha value is -1.08. The molecule has 2 aliphatic rings. The van der Waals surface area contributed by atoms with Gasteiger partial charge in [-0.15, -0.1) is 0 Å². The highest BCUT2D eigenvalue weighted by Gasteiger charge is 2.30. The van der Waals surface area contributed by atoms with Gasteiger partial charge in [0.25, 0.3) is 0 Å². The van der Waals surface area contributed by atoms with Gasteiger partial charge in [-0.05, 0) is 17.6 Å². The molecule has 1 aliphatic carbocycles. The van der Waals surface area contributed by atoms with E-state index >= 15 is 0 Å². The Morgan fingerprint density at radius 2 is 1.92 bits per heavy atom. The SMILES string of the molecule is C1=C2[SiH2]C2=C(c2ccccc2)C1. The van der Waals surface area contributed by atoms with Crippen LogP contribution in [0.2, 0.25) is 0 Å². The molecule has 1 heterocycles. The summed E-state index contributed by atoms with van der Waals surface area (Å²) in [5.41, 5.74) is 3.07. The van der Waals surface area contributed by atoms with Gasteiger partial charge in [0.05, 0.1) is 9.52 Å². The van der Waals surface area contributed by atoms with Gasteiger partial charge in [0.1, 0.15) is 0 Å². The maximum atomic E-state index is 2.42. The predicted molar refractivity (Wildman–Crippen MR) is 54.6 cm³/mol. The number of hydrogen-bond acceptors (Lipinski definition) is 0. The third kappa shape index (κ3) is 0.832. The molecule has 1 fully saturated rings. The Morgan fingerprint density at radius 3 is 2.50 bits per heavy atom. The van der Waals surface area contributed by atoms with Crippen LogP contribution in [0.5, 0.6) is 0 Å². The average Bonchev–Trinajstić information content (AvgIpc) is 2.80. The number of rotatable bonds is 1. The second kappa shape index (κ2) is 2.20. The quantitative estimate of drug-likeness (QED) is 0.564. The van der Waals surface area contributed by atoms with Crippen molar-refractivity contribution in [1.82, 2.24) is 0 Å². The lowest BCUT2D eigenvalue weighted by atomic mass is 10.1. The van der Waals surface area contributed by atoms with E-state index in [0.717, 1.165) is 0 Å². The van der Waals surface area contributed by atoms with E-state index in [9.17, 15) is 0 Å². The summed E-state index contributed by atoms with van der Waals surface area (Å²) in [6.07, 6.45) is 3.62.